The summed E-state index contributed by atoms with van der Waals surface area (Å²) in [6.07, 6.45) is 1.76. The molecule has 0 amide bonds. The first-order chi connectivity index (χ1) is 7.54. The normalized spacial score (nSPS) is 11.6. The van der Waals surface area contributed by atoms with Gasteiger partial charge in [-0.05, 0) is 17.9 Å². The van der Waals surface area contributed by atoms with Crippen molar-refractivity contribution >= 4 is 21.4 Å². The van der Waals surface area contributed by atoms with E-state index < -0.39 is 10.0 Å². The second-order valence-electron chi connectivity index (χ2n) is 3.41. The molecular formula is C10H14N2O2S2. The lowest BCUT2D eigenvalue weighted by Crippen LogP contribution is -2.27. The molecular weight excluding hydrogens is 244 g/mol. The molecule has 0 saturated carbocycles. The fourth-order valence-electron chi connectivity index (χ4n) is 1.22. The number of sulfonamides is 1. The van der Waals surface area contributed by atoms with Crippen LogP contribution in [0.2, 0.25) is 0 Å². The van der Waals surface area contributed by atoms with Crippen LogP contribution in [0.15, 0.2) is 15.7 Å². The third kappa shape index (κ3) is 2.61. The SMILES string of the molecule is CCCCN(C)S(=O)(=O)c1sccc1C#N. The smallest absolute Gasteiger partial charge is 0.206 e. The fraction of sp³-hybridized carbons (Fsp3) is 0.500. The number of nitriles is 1. The van der Waals surface area contributed by atoms with Gasteiger partial charge in [-0.2, -0.15) is 5.26 Å². The molecule has 0 aliphatic rings. The van der Waals surface area contributed by atoms with Gasteiger partial charge >= 0.3 is 0 Å². The molecule has 0 saturated heterocycles. The van der Waals surface area contributed by atoms with Gasteiger partial charge < -0.3 is 0 Å². The highest BCUT2D eigenvalue weighted by molar-refractivity contribution is 7.91. The minimum atomic E-state index is -3.48. The van der Waals surface area contributed by atoms with Crippen LogP contribution in [-0.2, 0) is 10.0 Å². The minimum Gasteiger partial charge on any atom is -0.206 e. The van der Waals surface area contributed by atoms with Gasteiger partial charge in [0, 0.05) is 13.6 Å². The minimum absolute atomic E-state index is 0.147. The van der Waals surface area contributed by atoms with Crippen LogP contribution in [0, 0.1) is 11.3 Å². The van der Waals surface area contributed by atoms with E-state index in [0.29, 0.717) is 6.54 Å². The van der Waals surface area contributed by atoms with Gasteiger partial charge in [-0.15, -0.1) is 11.3 Å². The Balaban J connectivity index is 2.99. The van der Waals surface area contributed by atoms with Crippen LogP contribution in [0.1, 0.15) is 25.3 Å². The van der Waals surface area contributed by atoms with Crippen LogP contribution in [-0.4, -0.2) is 26.3 Å². The van der Waals surface area contributed by atoms with E-state index in [0.717, 1.165) is 24.2 Å². The molecule has 0 N–H and O–H groups in total. The van der Waals surface area contributed by atoms with Crippen molar-refractivity contribution in [1.82, 2.24) is 4.31 Å². The Kier molecular flexibility index (Phi) is 4.47. The summed E-state index contributed by atoms with van der Waals surface area (Å²) in [5.41, 5.74) is 0.230. The van der Waals surface area contributed by atoms with E-state index in [-0.39, 0.29) is 9.77 Å². The van der Waals surface area contributed by atoms with E-state index in [2.05, 4.69) is 0 Å². The number of rotatable bonds is 5. The molecule has 0 aromatic carbocycles. The predicted octanol–water partition coefficient (Wildman–Crippen LogP) is 2.04. The molecule has 4 nitrogen and oxygen atoms in total. The number of hydrogen-bond donors (Lipinski definition) is 0. The van der Waals surface area contributed by atoms with Crippen molar-refractivity contribution in [2.75, 3.05) is 13.6 Å². The van der Waals surface area contributed by atoms with Crippen LogP contribution in [0.4, 0.5) is 0 Å². The second kappa shape index (κ2) is 5.43. The van der Waals surface area contributed by atoms with E-state index in [1.165, 1.54) is 10.4 Å². The van der Waals surface area contributed by atoms with Crippen molar-refractivity contribution in [1.29, 1.82) is 5.26 Å². The van der Waals surface area contributed by atoms with Crippen molar-refractivity contribution in [2.24, 2.45) is 0 Å². The third-order valence-corrected chi connectivity index (χ3v) is 5.54. The molecule has 0 aliphatic carbocycles. The Morgan fingerprint density at radius 2 is 2.25 bits per heavy atom. The Morgan fingerprint density at radius 1 is 1.56 bits per heavy atom. The maximum Gasteiger partial charge on any atom is 0.253 e. The first kappa shape index (κ1) is 13.2. The quantitative estimate of drug-likeness (QED) is 0.812. The van der Waals surface area contributed by atoms with Crippen LogP contribution in [0.5, 0.6) is 0 Å². The highest BCUT2D eigenvalue weighted by Gasteiger charge is 2.24. The molecule has 0 bridgehead atoms. The number of thiophene rings is 1. The molecule has 16 heavy (non-hydrogen) atoms. The third-order valence-electron chi connectivity index (χ3n) is 2.22. The molecule has 0 unspecified atom stereocenters. The van der Waals surface area contributed by atoms with E-state index in [9.17, 15) is 8.42 Å². The second-order valence-corrected chi connectivity index (χ2v) is 6.57. The fourth-order valence-corrected chi connectivity index (χ4v) is 3.87. The number of hydrogen-bond acceptors (Lipinski definition) is 4. The molecule has 6 heteroatoms. The first-order valence-electron chi connectivity index (χ1n) is 4.98. The monoisotopic (exact) mass is 258 g/mol. The Hall–Kier alpha value is -0.900. The molecule has 0 atom stereocenters. The van der Waals surface area contributed by atoms with Gasteiger partial charge in [0.05, 0.1) is 5.56 Å². The zero-order chi connectivity index (χ0) is 12.2. The first-order valence-corrected chi connectivity index (χ1v) is 7.30. The topological polar surface area (TPSA) is 61.2 Å². The lowest BCUT2D eigenvalue weighted by atomic mass is 10.3. The van der Waals surface area contributed by atoms with Crippen LogP contribution in [0.3, 0.4) is 0 Å². The van der Waals surface area contributed by atoms with E-state index >= 15 is 0 Å². The van der Waals surface area contributed by atoms with Gasteiger partial charge in [0.2, 0.25) is 0 Å². The highest BCUT2D eigenvalue weighted by Crippen LogP contribution is 2.24. The molecule has 1 rings (SSSR count). The average Bonchev–Trinajstić information content (AvgIpc) is 2.74. The molecule has 0 spiro atoms. The lowest BCUT2D eigenvalue weighted by molar-refractivity contribution is 0.461. The van der Waals surface area contributed by atoms with Crippen molar-refractivity contribution < 1.29 is 8.42 Å². The summed E-state index contributed by atoms with van der Waals surface area (Å²) in [7, 11) is -1.93. The van der Waals surface area contributed by atoms with Crippen molar-refractivity contribution in [3.8, 4) is 6.07 Å². The molecule has 1 aromatic rings. The van der Waals surface area contributed by atoms with Gasteiger partial charge in [0.1, 0.15) is 6.07 Å². The molecule has 0 radical (unpaired) electrons. The summed E-state index contributed by atoms with van der Waals surface area (Å²) in [5.74, 6) is 0. The molecule has 0 aliphatic heterocycles. The number of nitrogens with zero attached hydrogens (tertiary/aromatic N) is 2. The molecule has 88 valence electrons. The summed E-state index contributed by atoms with van der Waals surface area (Å²) in [6, 6.07) is 3.43. The summed E-state index contributed by atoms with van der Waals surface area (Å²) < 4.78 is 25.6. The Morgan fingerprint density at radius 3 is 2.81 bits per heavy atom. The van der Waals surface area contributed by atoms with Gasteiger partial charge in [0.15, 0.2) is 4.21 Å². The maximum absolute atomic E-state index is 12.1. The van der Waals surface area contributed by atoms with E-state index in [4.69, 9.17) is 5.26 Å². The Bertz CT molecular complexity index is 485. The van der Waals surface area contributed by atoms with Gasteiger partial charge in [-0.3, -0.25) is 0 Å². The maximum atomic E-state index is 12.1. The summed E-state index contributed by atoms with van der Waals surface area (Å²) in [5, 5.41) is 10.4. The molecule has 1 heterocycles. The highest BCUT2D eigenvalue weighted by atomic mass is 32.2. The summed E-state index contributed by atoms with van der Waals surface area (Å²) in [6.45, 7) is 2.49. The average molecular weight is 258 g/mol. The number of unbranched alkanes of at least 4 members (excludes halogenated alkanes) is 1. The predicted molar refractivity (Wildman–Crippen MR) is 63.8 cm³/mol. The van der Waals surface area contributed by atoms with Gasteiger partial charge in [-0.25, -0.2) is 12.7 Å². The van der Waals surface area contributed by atoms with Crippen molar-refractivity contribution in [2.45, 2.75) is 24.0 Å². The van der Waals surface area contributed by atoms with Crippen molar-refractivity contribution in [3.63, 3.8) is 0 Å². The van der Waals surface area contributed by atoms with Crippen LogP contribution < -0.4 is 0 Å². The van der Waals surface area contributed by atoms with E-state index in [1.807, 2.05) is 13.0 Å². The van der Waals surface area contributed by atoms with Gasteiger partial charge in [0.25, 0.3) is 10.0 Å². The molecule has 1 aromatic heterocycles. The van der Waals surface area contributed by atoms with Crippen LogP contribution in [0.25, 0.3) is 0 Å². The van der Waals surface area contributed by atoms with Crippen LogP contribution >= 0.6 is 11.3 Å². The zero-order valence-electron chi connectivity index (χ0n) is 9.30. The summed E-state index contributed by atoms with van der Waals surface area (Å²) >= 11 is 1.09. The standard InChI is InChI=1S/C10H14N2O2S2/c1-3-4-6-12(2)16(13,14)10-9(8-11)5-7-15-10/h5,7H,3-4,6H2,1-2H3. The lowest BCUT2D eigenvalue weighted by Gasteiger charge is -2.15. The summed E-state index contributed by atoms with van der Waals surface area (Å²) in [4.78, 5) is 0. The molecule has 0 fully saturated rings. The Labute approximate surface area is 100 Å². The van der Waals surface area contributed by atoms with Gasteiger partial charge in [-0.1, -0.05) is 13.3 Å². The van der Waals surface area contributed by atoms with E-state index in [1.54, 1.807) is 12.4 Å². The largest absolute Gasteiger partial charge is 0.253 e. The van der Waals surface area contributed by atoms with Crippen molar-refractivity contribution in [3.05, 3.63) is 17.0 Å². The zero-order valence-corrected chi connectivity index (χ0v) is 10.9.